The number of ether oxygens (including phenoxy) is 2. The second kappa shape index (κ2) is 12.5. The van der Waals surface area contributed by atoms with E-state index in [-0.39, 0.29) is 6.10 Å². The highest BCUT2D eigenvalue weighted by Gasteiger charge is 2.17. The highest BCUT2D eigenvalue weighted by Crippen LogP contribution is 2.35. The smallest absolute Gasteiger partial charge is 0.123 e. The summed E-state index contributed by atoms with van der Waals surface area (Å²) in [5.74, 6) is 1.77. The van der Waals surface area contributed by atoms with E-state index in [2.05, 4.69) is 67.3 Å². The first-order chi connectivity index (χ1) is 16.4. The summed E-state index contributed by atoms with van der Waals surface area (Å²) in [5, 5.41) is 0. The molecule has 4 nitrogen and oxygen atoms in total. The van der Waals surface area contributed by atoms with E-state index in [4.69, 9.17) is 15.2 Å². The number of rotatable bonds is 12. The molecule has 1 unspecified atom stereocenters. The van der Waals surface area contributed by atoms with E-state index in [1.807, 2.05) is 21.0 Å². The second-order valence-corrected chi connectivity index (χ2v) is 9.43. The number of benzene rings is 2. The molecule has 2 aromatic carbocycles. The van der Waals surface area contributed by atoms with Crippen LogP contribution in [-0.2, 0) is 11.2 Å². The van der Waals surface area contributed by atoms with Crippen LogP contribution in [0.25, 0.3) is 5.57 Å². The fraction of sp³-hybridized carbons (Fsp3) is 0.467. The molecule has 0 radical (unpaired) electrons. The lowest BCUT2D eigenvalue weighted by Crippen LogP contribution is -2.11. The van der Waals surface area contributed by atoms with Crippen molar-refractivity contribution in [1.82, 2.24) is 0 Å². The molecule has 0 spiro atoms. The second-order valence-electron chi connectivity index (χ2n) is 9.43. The van der Waals surface area contributed by atoms with E-state index < -0.39 is 0 Å². The van der Waals surface area contributed by atoms with E-state index in [1.54, 1.807) is 0 Å². The third-order valence-corrected chi connectivity index (χ3v) is 6.63. The van der Waals surface area contributed by atoms with Crippen LogP contribution >= 0.6 is 0 Å². The number of unbranched alkanes of at least 4 members (excludes halogenated alkanes) is 2. The van der Waals surface area contributed by atoms with Crippen LogP contribution in [-0.4, -0.2) is 20.7 Å². The fourth-order valence-corrected chi connectivity index (χ4v) is 4.46. The summed E-state index contributed by atoms with van der Waals surface area (Å²) in [4.78, 5) is 2.09. The molecule has 0 amide bonds. The number of fused-ring (bicyclic) bond motifs is 1. The zero-order chi connectivity index (χ0) is 24.5. The van der Waals surface area contributed by atoms with Gasteiger partial charge in [0.1, 0.15) is 17.6 Å². The standard InChI is InChI=1S/C30H42N2O2/c1-6-7-8-11-25-12-9-14-28-27(25)13-10-15-30(28)33-21-20-29(31)23(3)34-22(2)24-16-18-26(19-17-24)32(4)5/h10,12-13,15-19,22H,6-9,11,14,20-21,31H2,1-5H3/b29-23-. The van der Waals surface area contributed by atoms with E-state index in [0.29, 0.717) is 13.0 Å². The van der Waals surface area contributed by atoms with Crippen LogP contribution in [0.15, 0.2) is 60.0 Å². The molecule has 0 saturated heterocycles. The van der Waals surface area contributed by atoms with Crippen molar-refractivity contribution in [2.75, 3.05) is 25.6 Å². The Balaban J connectivity index is 1.56. The molecule has 1 atom stereocenters. The van der Waals surface area contributed by atoms with Crippen molar-refractivity contribution in [3.05, 3.63) is 76.7 Å². The lowest BCUT2D eigenvalue weighted by Gasteiger charge is -2.21. The van der Waals surface area contributed by atoms with Crippen molar-refractivity contribution in [2.24, 2.45) is 5.73 Å². The van der Waals surface area contributed by atoms with E-state index in [0.717, 1.165) is 42.0 Å². The Bertz CT molecular complexity index is 989. The molecule has 1 aliphatic carbocycles. The monoisotopic (exact) mass is 462 g/mol. The first-order valence-corrected chi connectivity index (χ1v) is 12.7. The average molecular weight is 463 g/mol. The van der Waals surface area contributed by atoms with Crippen LogP contribution in [0.1, 0.15) is 82.1 Å². The van der Waals surface area contributed by atoms with Crippen LogP contribution in [0.4, 0.5) is 5.69 Å². The molecule has 0 heterocycles. The van der Waals surface area contributed by atoms with Gasteiger partial charge in [0.05, 0.1) is 6.61 Å². The molecule has 2 aromatic rings. The van der Waals surface area contributed by atoms with Crippen LogP contribution in [0.5, 0.6) is 5.75 Å². The summed E-state index contributed by atoms with van der Waals surface area (Å²) in [5.41, 5.74) is 13.6. The van der Waals surface area contributed by atoms with Gasteiger partial charge < -0.3 is 20.1 Å². The minimum atomic E-state index is -0.0604. The Morgan fingerprint density at radius 3 is 2.56 bits per heavy atom. The summed E-state index contributed by atoms with van der Waals surface area (Å²) in [7, 11) is 4.08. The lowest BCUT2D eigenvalue weighted by molar-refractivity contribution is 0.130. The maximum Gasteiger partial charge on any atom is 0.123 e. The summed E-state index contributed by atoms with van der Waals surface area (Å²) in [6.45, 7) is 6.80. The normalized spacial score (nSPS) is 14.6. The first kappa shape index (κ1) is 25.7. The van der Waals surface area contributed by atoms with Gasteiger partial charge >= 0.3 is 0 Å². The minimum absolute atomic E-state index is 0.0604. The van der Waals surface area contributed by atoms with Gasteiger partial charge in [0.15, 0.2) is 0 Å². The Hall–Kier alpha value is -2.88. The maximum absolute atomic E-state index is 6.36. The SMILES string of the molecule is CCCCCC1=CCCc2c(OCC/C(N)=C(\C)OC(C)c3ccc(N(C)C)cc3)cccc21. The number of anilines is 1. The molecule has 184 valence electrons. The molecule has 0 aliphatic heterocycles. The Labute approximate surface area is 206 Å². The molecule has 0 fully saturated rings. The number of nitrogens with zero attached hydrogens (tertiary/aromatic N) is 1. The predicted molar refractivity (Wildman–Crippen MR) is 144 cm³/mol. The van der Waals surface area contributed by atoms with Crippen molar-refractivity contribution >= 4 is 11.3 Å². The van der Waals surface area contributed by atoms with Gasteiger partial charge in [0.2, 0.25) is 0 Å². The largest absolute Gasteiger partial charge is 0.493 e. The summed E-state index contributed by atoms with van der Waals surface area (Å²) in [6.07, 6.45) is 10.1. The molecule has 4 heteroatoms. The van der Waals surface area contributed by atoms with Crippen molar-refractivity contribution in [3.8, 4) is 5.75 Å². The summed E-state index contributed by atoms with van der Waals surface area (Å²) >= 11 is 0. The molecule has 3 rings (SSSR count). The molecule has 2 N–H and O–H groups in total. The number of nitrogens with two attached hydrogens (primary N) is 1. The van der Waals surface area contributed by atoms with Gasteiger partial charge in [-0.2, -0.15) is 0 Å². The molecule has 0 bridgehead atoms. The third-order valence-electron chi connectivity index (χ3n) is 6.63. The van der Waals surface area contributed by atoms with Gasteiger partial charge in [0, 0.05) is 37.5 Å². The zero-order valence-corrected chi connectivity index (χ0v) is 21.7. The number of allylic oxidation sites excluding steroid dienone is 3. The average Bonchev–Trinajstić information content (AvgIpc) is 2.84. The van der Waals surface area contributed by atoms with Gasteiger partial charge in [-0.3, -0.25) is 0 Å². The topological polar surface area (TPSA) is 47.7 Å². The van der Waals surface area contributed by atoms with Crippen molar-refractivity contribution < 1.29 is 9.47 Å². The van der Waals surface area contributed by atoms with Crippen LogP contribution < -0.4 is 15.4 Å². The quantitative estimate of drug-likeness (QED) is 0.264. The molecule has 0 saturated carbocycles. The Kier molecular flexibility index (Phi) is 9.50. The lowest BCUT2D eigenvalue weighted by atomic mass is 9.87. The highest BCUT2D eigenvalue weighted by atomic mass is 16.5. The molecular formula is C30H42N2O2. The Morgan fingerprint density at radius 1 is 1.09 bits per heavy atom. The number of hydrogen-bond acceptors (Lipinski definition) is 4. The van der Waals surface area contributed by atoms with Gasteiger partial charge in [-0.15, -0.1) is 0 Å². The third kappa shape index (κ3) is 6.82. The van der Waals surface area contributed by atoms with Gasteiger partial charge in [-0.25, -0.2) is 0 Å². The summed E-state index contributed by atoms with van der Waals surface area (Å²) < 4.78 is 12.4. The van der Waals surface area contributed by atoms with E-state index in [9.17, 15) is 0 Å². The van der Waals surface area contributed by atoms with Gasteiger partial charge in [-0.1, -0.05) is 50.1 Å². The molecule has 34 heavy (non-hydrogen) atoms. The molecule has 0 aromatic heterocycles. The highest BCUT2D eigenvalue weighted by molar-refractivity contribution is 5.72. The predicted octanol–water partition coefficient (Wildman–Crippen LogP) is 7.40. The van der Waals surface area contributed by atoms with Crippen molar-refractivity contribution in [1.29, 1.82) is 0 Å². The van der Waals surface area contributed by atoms with Crippen LogP contribution in [0, 0.1) is 0 Å². The minimum Gasteiger partial charge on any atom is -0.493 e. The van der Waals surface area contributed by atoms with E-state index in [1.165, 1.54) is 41.6 Å². The zero-order valence-electron chi connectivity index (χ0n) is 21.7. The fourth-order valence-electron chi connectivity index (χ4n) is 4.46. The molecular weight excluding hydrogens is 420 g/mol. The van der Waals surface area contributed by atoms with Gasteiger partial charge in [0.25, 0.3) is 0 Å². The Morgan fingerprint density at radius 2 is 1.85 bits per heavy atom. The van der Waals surface area contributed by atoms with Crippen LogP contribution in [0.3, 0.4) is 0 Å². The maximum atomic E-state index is 6.36. The van der Waals surface area contributed by atoms with E-state index >= 15 is 0 Å². The first-order valence-electron chi connectivity index (χ1n) is 12.7. The summed E-state index contributed by atoms with van der Waals surface area (Å²) in [6, 6.07) is 14.9. The molecule has 1 aliphatic rings. The van der Waals surface area contributed by atoms with Crippen LogP contribution in [0.2, 0.25) is 0 Å². The van der Waals surface area contributed by atoms with Crippen molar-refractivity contribution in [3.63, 3.8) is 0 Å². The van der Waals surface area contributed by atoms with Crippen molar-refractivity contribution in [2.45, 2.75) is 71.8 Å². The van der Waals surface area contributed by atoms with Gasteiger partial charge in [-0.05, 0) is 74.4 Å². The number of hydrogen-bond donors (Lipinski definition) is 1.